The van der Waals surface area contributed by atoms with Crippen molar-refractivity contribution in [1.82, 2.24) is 0 Å². The van der Waals surface area contributed by atoms with Crippen LogP contribution in [0.2, 0.25) is 0 Å². The van der Waals surface area contributed by atoms with Gasteiger partial charge in [0.25, 0.3) is 6.71 Å². The maximum Gasteiger partial charge on any atom is 0.264 e. The highest BCUT2D eigenvalue weighted by molar-refractivity contribution is 7.33. The van der Waals surface area contributed by atoms with E-state index < -0.39 is 0 Å². The number of aryl methyl sites for hydroxylation is 1. The van der Waals surface area contributed by atoms with Crippen LogP contribution in [0.4, 0.5) is 34.1 Å². The van der Waals surface area contributed by atoms with Crippen molar-refractivity contribution in [3.05, 3.63) is 173 Å². The van der Waals surface area contributed by atoms with Gasteiger partial charge in [-0.15, -0.1) is 11.3 Å². The van der Waals surface area contributed by atoms with Crippen molar-refractivity contribution in [2.75, 3.05) is 9.80 Å². The standard InChI is InChI=1S/C61H59BN2S/c1-38-31-51-54-52(32-38)64(55-45(39-21-15-12-16-22-39)33-42(59(5,6)7)34-46(55)40-23-17-13-18-24-40)50-37-48-47(60(8,9)29-30-61(48,10)11)36-49(50)62(54)57-56(63(51)43-25-19-14-20-26-43)44-28-27-41(58(2,3)4)35-53(44)65-57/h12,14-17,19-28,31-37H,29-30H2,1-11H3. The molecule has 11 rings (SSSR count). The number of nitrogens with zero attached hydrogens (tertiary/aromatic N) is 2. The highest BCUT2D eigenvalue weighted by Gasteiger charge is 2.48. The number of benzene rings is 6. The summed E-state index contributed by atoms with van der Waals surface area (Å²) < 4.78 is 2.77. The molecule has 7 aromatic carbocycles. The van der Waals surface area contributed by atoms with Crippen molar-refractivity contribution >= 4 is 78.0 Å². The van der Waals surface area contributed by atoms with E-state index in [1.54, 1.807) is 0 Å². The quantitative estimate of drug-likeness (QED) is 0.163. The van der Waals surface area contributed by atoms with Crippen LogP contribution >= 0.6 is 11.3 Å². The molecule has 3 aliphatic rings. The lowest BCUT2D eigenvalue weighted by Crippen LogP contribution is -2.61. The van der Waals surface area contributed by atoms with Crippen LogP contribution in [0.5, 0.6) is 0 Å². The van der Waals surface area contributed by atoms with Crippen molar-refractivity contribution in [3.63, 3.8) is 0 Å². The van der Waals surface area contributed by atoms with E-state index in [2.05, 4.69) is 225 Å². The Hall–Kier alpha value is -6.02. The molecular weight excluding hydrogens is 804 g/mol. The molecule has 0 atom stereocenters. The van der Waals surface area contributed by atoms with Gasteiger partial charge in [-0.25, -0.2) is 0 Å². The zero-order valence-electron chi connectivity index (χ0n) is 40.0. The van der Waals surface area contributed by atoms with Gasteiger partial charge in [-0.05, 0) is 158 Å². The summed E-state index contributed by atoms with van der Waals surface area (Å²) in [4.78, 5) is 5.31. The number of hydrogen-bond acceptors (Lipinski definition) is 3. The largest absolute Gasteiger partial charge is 0.310 e. The van der Waals surface area contributed by atoms with Gasteiger partial charge in [0.1, 0.15) is 0 Å². The molecule has 2 aliphatic heterocycles. The van der Waals surface area contributed by atoms with Crippen LogP contribution in [0.25, 0.3) is 32.3 Å². The van der Waals surface area contributed by atoms with Crippen LogP contribution in [-0.4, -0.2) is 6.71 Å². The molecule has 1 aromatic heterocycles. The molecule has 0 amide bonds. The SMILES string of the molecule is Cc1cc2c3c(c1)N(c1ccccc1)c1c(sc4cc(C(C)(C)C)ccc14)B3c1cc3c(cc1N2c1c(-c2cc#ccc2)cc(C(C)(C)C)cc1-c1ccccc1)C(C)(C)CCC3(C)C. The summed E-state index contributed by atoms with van der Waals surface area (Å²) in [6, 6.07) is 57.7. The minimum atomic E-state index is -0.0931. The van der Waals surface area contributed by atoms with Gasteiger partial charge in [-0.3, -0.25) is 0 Å². The predicted molar refractivity (Wildman–Crippen MR) is 282 cm³/mol. The van der Waals surface area contributed by atoms with Crippen molar-refractivity contribution in [2.24, 2.45) is 0 Å². The molecule has 0 spiro atoms. The number of fused-ring (bicyclic) bond motifs is 7. The van der Waals surface area contributed by atoms with E-state index in [0.717, 1.165) is 18.4 Å². The molecule has 0 unspecified atom stereocenters. The fourth-order valence-electron chi connectivity index (χ4n) is 11.1. The normalized spacial score (nSPS) is 15.8. The van der Waals surface area contributed by atoms with Gasteiger partial charge in [-0.1, -0.05) is 148 Å². The Morgan fingerprint density at radius 3 is 1.83 bits per heavy atom. The third-order valence-electron chi connectivity index (χ3n) is 14.9. The second kappa shape index (κ2) is 14.5. The van der Waals surface area contributed by atoms with E-state index in [4.69, 9.17) is 0 Å². The van der Waals surface area contributed by atoms with E-state index in [1.807, 2.05) is 17.4 Å². The number of thiophene rings is 1. The summed E-state index contributed by atoms with van der Waals surface area (Å²) in [5.74, 6) is 0. The molecule has 1 aliphatic carbocycles. The third kappa shape index (κ3) is 6.60. The maximum atomic E-state index is 3.36. The Morgan fingerprint density at radius 1 is 0.585 bits per heavy atom. The lowest BCUT2D eigenvalue weighted by molar-refractivity contribution is 0.332. The molecule has 4 heteroatoms. The van der Waals surface area contributed by atoms with E-state index in [1.165, 1.54) is 104 Å². The highest BCUT2D eigenvalue weighted by Crippen LogP contribution is 2.55. The molecule has 3 heterocycles. The van der Waals surface area contributed by atoms with E-state index in [0.29, 0.717) is 0 Å². The highest BCUT2D eigenvalue weighted by atomic mass is 32.1. The fourth-order valence-corrected chi connectivity index (χ4v) is 12.5. The van der Waals surface area contributed by atoms with E-state index >= 15 is 0 Å². The summed E-state index contributed by atoms with van der Waals surface area (Å²) in [7, 11) is 0. The summed E-state index contributed by atoms with van der Waals surface area (Å²) in [6.07, 6.45) is 2.31. The minimum absolute atomic E-state index is 0.0117. The lowest BCUT2D eigenvalue weighted by Gasteiger charge is -2.47. The fraction of sp³-hybridized carbons (Fsp3) is 0.279. The van der Waals surface area contributed by atoms with Crippen LogP contribution < -0.4 is 25.5 Å². The second-order valence-electron chi connectivity index (χ2n) is 22.4. The Labute approximate surface area is 392 Å². The van der Waals surface area contributed by atoms with Gasteiger partial charge >= 0.3 is 0 Å². The van der Waals surface area contributed by atoms with Crippen molar-refractivity contribution < 1.29 is 0 Å². The topological polar surface area (TPSA) is 6.48 Å². The zero-order chi connectivity index (χ0) is 45.4. The number of para-hydroxylation sites is 1. The third-order valence-corrected chi connectivity index (χ3v) is 16.1. The van der Waals surface area contributed by atoms with Crippen molar-refractivity contribution in [3.8, 4) is 22.3 Å². The molecule has 2 nitrogen and oxygen atoms in total. The summed E-state index contributed by atoms with van der Waals surface area (Å²) >= 11 is 2.01. The van der Waals surface area contributed by atoms with Gasteiger partial charge in [0.2, 0.25) is 0 Å². The Balaban J connectivity index is 1.33. The average Bonchev–Trinajstić information content (AvgIpc) is 3.66. The maximum absolute atomic E-state index is 3.36. The van der Waals surface area contributed by atoms with Crippen molar-refractivity contribution in [2.45, 2.75) is 111 Å². The van der Waals surface area contributed by atoms with Crippen LogP contribution in [0.1, 0.15) is 110 Å². The molecule has 0 bridgehead atoms. The van der Waals surface area contributed by atoms with Gasteiger partial charge in [0.15, 0.2) is 0 Å². The van der Waals surface area contributed by atoms with Gasteiger partial charge in [-0.2, -0.15) is 0 Å². The Kier molecular flexibility index (Phi) is 9.29. The minimum Gasteiger partial charge on any atom is -0.310 e. The monoisotopic (exact) mass is 862 g/mol. The first-order valence-electron chi connectivity index (χ1n) is 23.6. The summed E-state index contributed by atoms with van der Waals surface area (Å²) in [6.45, 7) is 26.2. The molecule has 65 heavy (non-hydrogen) atoms. The first-order valence-corrected chi connectivity index (χ1v) is 24.4. The van der Waals surface area contributed by atoms with Crippen LogP contribution in [0, 0.1) is 19.1 Å². The van der Waals surface area contributed by atoms with Crippen LogP contribution in [0.15, 0.2) is 133 Å². The first-order chi connectivity index (χ1) is 30.9. The zero-order valence-corrected chi connectivity index (χ0v) is 40.8. The number of hydrogen-bond donors (Lipinski definition) is 0. The first kappa shape index (κ1) is 41.7. The number of rotatable bonds is 4. The Bertz CT molecular complexity index is 3120. The molecule has 322 valence electrons. The average molecular weight is 863 g/mol. The summed E-state index contributed by atoms with van der Waals surface area (Å²) in [5.41, 5.74) is 21.9. The Morgan fingerprint density at radius 2 is 1.20 bits per heavy atom. The van der Waals surface area contributed by atoms with Gasteiger partial charge in [0, 0.05) is 48.7 Å². The second-order valence-corrected chi connectivity index (χ2v) is 23.5. The predicted octanol–water partition coefficient (Wildman–Crippen LogP) is 15.2. The molecule has 0 saturated heterocycles. The molecule has 0 radical (unpaired) electrons. The lowest BCUT2D eigenvalue weighted by atomic mass is 9.35. The molecule has 8 aromatic rings. The van der Waals surface area contributed by atoms with Crippen molar-refractivity contribution in [1.29, 1.82) is 0 Å². The van der Waals surface area contributed by atoms with Gasteiger partial charge in [0.05, 0.1) is 11.4 Å². The van der Waals surface area contributed by atoms with Crippen LogP contribution in [-0.2, 0) is 21.7 Å². The molecule has 0 N–H and O–H groups in total. The molecule has 0 fully saturated rings. The van der Waals surface area contributed by atoms with Crippen LogP contribution in [0.3, 0.4) is 0 Å². The number of anilines is 6. The van der Waals surface area contributed by atoms with Gasteiger partial charge < -0.3 is 9.80 Å². The summed E-state index contributed by atoms with van der Waals surface area (Å²) in [5, 5.41) is 1.32. The van der Waals surface area contributed by atoms with E-state index in [-0.39, 0.29) is 28.4 Å². The smallest absolute Gasteiger partial charge is 0.264 e. The van der Waals surface area contributed by atoms with E-state index in [9.17, 15) is 0 Å². The molecule has 0 saturated carbocycles. The molecular formula is C61H59BN2S.